The monoisotopic (exact) mass is 335 g/mol. The lowest BCUT2D eigenvalue weighted by Crippen LogP contribution is -2.25. The quantitative estimate of drug-likeness (QED) is 0.768. The molecule has 1 amide bonds. The first kappa shape index (κ1) is 17.3. The summed E-state index contributed by atoms with van der Waals surface area (Å²) in [7, 11) is 0. The highest BCUT2D eigenvalue weighted by Gasteiger charge is 2.11. The number of carbonyl (C=O) groups excluding carboxylic acids is 1. The Kier molecular flexibility index (Phi) is 6.41. The van der Waals surface area contributed by atoms with E-state index in [1.54, 1.807) is 0 Å². The van der Waals surface area contributed by atoms with E-state index in [9.17, 15) is 9.18 Å². The molecule has 3 nitrogen and oxygen atoms in total. The van der Waals surface area contributed by atoms with Crippen LogP contribution in [0.3, 0.4) is 0 Å². The maximum absolute atomic E-state index is 13.6. The van der Waals surface area contributed by atoms with Gasteiger partial charge in [-0.25, -0.2) is 4.39 Å². The van der Waals surface area contributed by atoms with E-state index in [1.165, 1.54) is 17.7 Å². The summed E-state index contributed by atoms with van der Waals surface area (Å²) in [5.74, 6) is -0.185. The van der Waals surface area contributed by atoms with E-state index in [0.717, 1.165) is 24.7 Å². The molecule has 0 radical (unpaired) electrons. The maximum Gasteiger partial charge on any atom is 0.254 e. The van der Waals surface area contributed by atoms with Gasteiger partial charge < -0.3 is 10.1 Å². The average molecular weight is 336 g/mol. The minimum absolute atomic E-state index is 0.00969. The molecule has 2 aromatic carbocycles. The Morgan fingerprint density at radius 1 is 1.22 bits per heavy atom. The largest absolute Gasteiger partial charge is 0.494 e. The first-order valence-electron chi connectivity index (χ1n) is 7.55. The first-order valence-corrected chi connectivity index (χ1v) is 7.93. The second kappa shape index (κ2) is 8.53. The number of halogens is 2. The Balaban J connectivity index is 1.77. The summed E-state index contributed by atoms with van der Waals surface area (Å²) in [4.78, 5) is 11.9. The van der Waals surface area contributed by atoms with E-state index in [2.05, 4.69) is 5.32 Å². The number of nitrogens with one attached hydrogen (secondary N) is 1. The van der Waals surface area contributed by atoms with Crippen LogP contribution in [-0.2, 0) is 6.42 Å². The number of benzene rings is 2. The molecule has 2 rings (SSSR count). The molecule has 0 aliphatic rings. The Bertz CT molecular complexity index is 659. The number of hydrogen-bond acceptors (Lipinski definition) is 2. The molecule has 0 saturated carbocycles. The molecular formula is C18H19ClFNO2. The fraction of sp³-hybridized carbons (Fsp3) is 0.278. The number of ether oxygens (including phenoxy) is 1. The van der Waals surface area contributed by atoms with Crippen molar-refractivity contribution >= 4 is 17.5 Å². The van der Waals surface area contributed by atoms with Crippen molar-refractivity contribution in [3.8, 4) is 5.75 Å². The van der Waals surface area contributed by atoms with Gasteiger partial charge in [-0.3, -0.25) is 4.79 Å². The van der Waals surface area contributed by atoms with E-state index in [-0.39, 0.29) is 10.6 Å². The molecule has 0 spiro atoms. The molecule has 2 aromatic rings. The third-order valence-corrected chi connectivity index (χ3v) is 3.57. The summed E-state index contributed by atoms with van der Waals surface area (Å²) < 4.78 is 19.0. The number of aryl methyl sites for hydroxylation is 1. The van der Waals surface area contributed by atoms with Gasteiger partial charge >= 0.3 is 0 Å². The van der Waals surface area contributed by atoms with Crippen LogP contribution in [0.25, 0.3) is 0 Å². The van der Waals surface area contributed by atoms with Crippen LogP contribution in [0.15, 0.2) is 42.5 Å². The van der Waals surface area contributed by atoms with Gasteiger partial charge in [0.15, 0.2) is 0 Å². The Labute approximate surface area is 140 Å². The summed E-state index contributed by atoms with van der Waals surface area (Å²) in [6, 6.07) is 11.9. The van der Waals surface area contributed by atoms with Crippen LogP contribution >= 0.6 is 11.6 Å². The number of amides is 1. The van der Waals surface area contributed by atoms with Gasteiger partial charge in [-0.05, 0) is 55.7 Å². The van der Waals surface area contributed by atoms with E-state index in [0.29, 0.717) is 13.2 Å². The van der Waals surface area contributed by atoms with Crippen LogP contribution in [0.5, 0.6) is 5.75 Å². The maximum atomic E-state index is 13.6. The van der Waals surface area contributed by atoms with Crippen molar-refractivity contribution in [2.75, 3.05) is 13.2 Å². The molecule has 0 fully saturated rings. The number of hydrogen-bond donors (Lipinski definition) is 1. The van der Waals surface area contributed by atoms with E-state index < -0.39 is 11.7 Å². The Morgan fingerprint density at radius 2 is 1.96 bits per heavy atom. The third kappa shape index (κ3) is 5.25. The van der Waals surface area contributed by atoms with Crippen LogP contribution < -0.4 is 10.1 Å². The topological polar surface area (TPSA) is 38.3 Å². The SMILES string of the molecule is CCOc1ccc(CCCNC(=O)c2ccc(Cl)cc2F)cc1. The molecule has 0 atom stereocenters. The van der Waals surface area contributed by atoms with Crippen molar-refractivity contribution in [2.45, 2.75) is 19.8 Å². The molecule has 5 heteroatoms. The van der Waals surface area contributed by atoms with Gasteiger partial charge in [0.25, 0.3) is 5.91 Å². The van der Waals surface area contributed by atoms with Crippen LogP contribution in [-0.4, -0.2) is 19.1 Å². The number of carbonyl (C=O) groups is 1. The van der Waals surface area contributed by atoms with Gasteiger partial charge in [0.2, 0.25) is 0 Å². The van der Waals surface area contributed by atoms with Gasteiger partial charge in [0.1, 0.15) is 11.6 Å². The highest BCUT2D eigenvalue weighted by atomic mass is 35.5. The van der Waals surface area contributed by atoms with E-state index in [4.69, 9.17) is 16.3 Å². The fourth-order valence-electron chi connectivity index (χ4n) is 2.18. The fourth-order valence-corrected chi connectivity index (χ4v) is 2.34. The zero-order valence-electron chi connectivity index (χ0n) is 12.9. The average Bonchev–Trinajstić information content (AvgIpc) is 2.53. The summed E-state index contributed by atoms with van der Waals surface area (Å²) >= 11 is 5.67. The van der Waals surface area contributed by atoms with E-state index >= 15 is 0 Å². The van der Waals surface area contributed by atoms with E-state index in [1.807, 2.05) is 31.2 Å². The Morgan fingerprint density at radius 3 is 2.61 bits per heavy atom. The van der Waals surface area contributed by atoms with Crippen molar-refractivity contribution in [1.82, 2.24) is 5.32 Å². The summed E-state index contributed by atoms with van der Waals surface area (Å²) in [5.41, 5.74) is 1.18. The zero-order chi connectivity index (χ0) is 16.7. The van der Waals surface area contributed by atoms with Gasteiger partial charge in [-0.1, -0.05) is 23.7 Å². The standard InChI is InChI=1S/C18H19ClFNO2/c1-2-23-15-8-5-13(6-9-15)4-3-11-21-18(22)16-10-7-14(19)12-17(16)20/h5-10,12H,2-4,11H2,1H3,(H,21,22). The molecule has 0 aromatic heterocycles. The molecule has 0 heterocycles. The second-order valence-corrected chi connectivity index (χ2v) is 5.50. The van der Waals surface area contributed by atoms with Crippen LogP contribution in [0.1, 0.15) is 29.3 Å². The van der Waals surface area contributed by atoms with Crippen molar-refractivity contribution in [1.29, 1.82) is 0 Å². The molecule has 122 valence electrons. The van der Waals surface area contributed by atoms with Crippen molar-refractivity contribution in [3.05, 3.63) is 64.4 Å². The summed E-state index contributed by atoms with van der Waals surface area (Å²) in [6.45, 7) is 3.07. The second-order valence-electron chi connectivity index (χ2n) is 5.06. The summed E-state index contributed by atoms with van der Waals surface area (Å²) in [6.07, 6.45) is 1.60. The molecule has 0 saturated heterocycles. The van der Waals surface area contributed by atoms with Gasteiger partial charge in [-0.2, -0.15) is 0 Å². The summed E-state index contributed by atoms with van der Waals surface area (Å²) in [5, 5.41) is 2.99. The Hall–Kier alpha value is -2.07. The minimum Gasteiger partial charge on any atom is -0.494 e. The van der Waals surface area contributed by atoms with Crippen molar-refractivity contribution in [3.63, 3.8) is 0 Å². The molecule has 0 aliphatic carbocycles. The minimum atomic E-state index is -0.610. The predicted octanol–water partition coefficient (Wildman–Crippen LogP) is 4.24. The van der Waals surface area contributed by atoms with Crippen molar-refractivity contribution in [2.24, 2.45) is 0 Å². The number of rotatable bonds is 7. The smallest absolute Gasteiger partial charge is 0.254 e. The lowest BCUT2D eigenvalue weighted by atomic mass is 10.1. The lowest BCUT2D eigenvalue weighted by Gasteiger charge is -2.07. The molecule has 0 bridgehead atoms. The normalized spacial score (nSPS) is 10.4. The van der Waals surface area contributed by atoms with Gasteiger partial charge in [0, 0.05) is 11.6 Å². The predicted molar refractivity (Wildman–Crippen MR) is 89.7 cm³/mol. The third-order valence-electron chi connectivity index (χ3n) is 3.34. The van der Waals surface area contributed by atoms with Crippen LogP contribution in [0.2, 0.25) is 5.02 Å². The van der Waals surface area contributed by atoms with Gasteiger partial charge in [-0.15, -0.1) is 0 Å². The highest BCUT2D eigenvalue weighted by Crippen LogP contribution is 2.15. The van der Waals surface area contributed by atoms with Gasteiger partial charge in [0.05, 0.1) is 12.2 Å². The molecule has 23 heavy (non-hydrogen) atoms. The molecule has 0 aliphatic heterocycles. The first-order chi connectivity index (χ1) is 11.1. The van der Waals surface area contributed by atoms with Crippen LogP contribution in [0.4, 0.5) is 4.39 Å². The molecular weight excluding hydrogens is 317 g/mol. The molecule has 1 N–H and O–H groups in total. The zero-order valence-corrected chi connectivity index (χ0v) is 13.7. The lowest BCUT2D eigenvalue weighted by molar-refractivity contribution is 0.0949. The molecule has 0 unspecified atom stereocenters. The highest BCUT2D eigenvalue weighted by molar-refractivity contribution is 6.30. The van der Waals surface area contributed by atoms with Crippen molar-refractivity contribution < 1.29 is 13.9 Å². The van der Waals surface area contributed by atoms with Crippen LogP contribution in [0, 0.1) is 5.82 Å².